The number of nitrogens with one attached hydrogen (secondary N) is 1. The molecule has 1 atom stereocenters. The van der Waals surface area contributed by atoms with Crippen molar-refractivity contribution in [3.05, 3.63) is 42.0 Å². The Morgan fingerprint density at radius 1 is 1.23 bits per heavy atom. The van der Waals surface area contributed by atoms with Gasteiger partial charge in [0.15, 0.2) is 17.0 Å². The van der Waals surface area contributed by atoms with Gasteiger partial charge in [0.25, 0.3) is 0 Å². The van der Waals surface area contributed by atoms with Crippen molar-refractivity contribution >= 4 is 34.0 Å². The number of rotatable bonds is 7. The van der Waals surface area contributed by atoms with Crippen LogP contribution in [0, 0.1) is 5.82 Å². The molecule has 1 aliphatic heterocycles. The largest absolute Gasteiger partial charge is 0.465 e. The molecule has 1 N–H and O–H groups in total. The molecular weight excluding hydrogens is 453 g/mol. The van der Waals surface area contributed by atoms with E-state index < -0.39 is 11.8 Å². The van der Waals surface area contributed by atoms with Gasteiger partial charge in [-0.15, -0.1) is 0 Å². The van der Waals surface area contributed by atoms with E-state index in [0.29, 0.717) is 35.3 Å². The van der Waals surface area contributed by atoms with Gasteiger partial charge >= 0.3 is 5.97 Å². The Morgan fingerprint density at radius 3 is 2.89 bits per heavy atom. The van der Waals surface area contributed by atoms with Crippen LogP contribution in [0.15, 0.2) is 24.8 Å². The molecule has 3 aromatic heterocycles. The molecule has 1 aliphatic carbocycles. The second-order valence-electron chi connectivity index (χ2n) is 8.96. The molecule has 1 unspecified atom stereocenters. The van der Waals surface area contributed by atoms with Gasteiger partial charge in [0.05, 0.1) is 24.5 Å². The lowest BCUT2D eigenvalue weighted by molar-refractivity contribution is -0.0298. The number of benzene rings is 1. The van der Waals surface area contributed by atoms with Crippen LogP contribution in [-0.4, -0.2) is 55.3 Å². The monoisotopic (exact) mass is 479 g/mol. The van der Waals surface area contributed by atoms with Crippen LogP contribution in [0.4, 0.5) is 10.2 Å². The molecule has 0 spiro atoms. The van der Waals surface area contributed by atoms with Crippen LogP contribution in [0.25, 0.3) is 22.2 Å². The van der Waals surface area contributed by atoms with Crippen LogP contribution in [0.3, 0.4) is 0 Å². The topological polar surface area (TPSA) is 109 Å². The standard InChI is InChI=1S/C24H26FN7O3/c1-34-24(33)19-15(25)7-8-16-21(19)32(14-5-6-14)17(30-16)9-10-26-22-20-23(28-12-27-22)31(13-29-20)18-4-2-3-11-35-18/h7-8,12-14,18H,2-6,9-11H2,1H3,(H,26,27,28). The third-order valence-electron chi connectivity index (χ3n) is 6.64. The van der Waals surface area contributed by atoms with Crippen molar-refractivity contribution in [2.45, 2.75) is 50.8 Å². The zero-order valence-electron chi connectivity index (χ0n) is 19.4. The number of carbonyl (C=O) groups excluding carboxylic acids is 1. The Kier molecular flexibility index (Phi) is 5.56. The first-order valence-corrected chi connectivity index (χ1v) is 12.0. The number of fused-ring (bicyclic) bond motifs is 2. The van der Waals surface area contributed by atoms with Crippen LogP contribution in [-0.2, 0) is 15.9 Å². The van der Waals surface area contributed by atoms with E-state index in [1.807, 2.05) is 9.13 Å². The lowest BCUT2D eigenvalue weighted by atomic mass is 10.1. The number of aromatic nitrogens is 6. The van der Waals surface area contributed by atoms with Gasteiger partial charge in [0.1, 0.15) is 29.8 Å². The molecule has 2 aliphatic rings. The van der Waals surface area contributed by atoms with Crippen molar-refractivity contribution in [2.75, 3.05) is 25.6 Å². The highest BCUT2D eigenvalue weighted by atomic mass is 19.1. The van der Waals surface area contributed by atoms with Gasteiger partial charge in [-0.25, -0.2) is 29.1 Å². The smallest absolute Gasteiger partial charge is 0.343 e. The highest BCUT2D eigenvalue weighted by Crippen LogP contribution is 2.40. The highest BCUT2D eigenvalue weighted by molar-refractivity contribution is 6.02. The SMILES string of the molecule is COC(=O)c1c(F)ccc2nc(CCNc3ncnc4c3ncn4C3CCCCO3)n(C3CC3)c12. The average molecular weight is 480 g/mol. The second-order valence-corrected chi connectivity index (χ2v) is 8.96. The van der Waals surface area contributed by atoms with Gasteiger partial charge in [0, 0.05) is 25.6 Å². The molecular formula is C24H26FN7O3. The summed E-state index contributed by atoms with van der Waals surface area (Å²) in [6, 6.07) is 3.09. The maximum absolute atomic E-state index is 14.6. The first-order chi connectivity index (χ1) is 17.2. The molecule has 182 valence electrons. The summed E-state index contributed by atoms with van der Waals surface area (Å²) in [6.07, 6.45) is 8.85. The summed E-state index contributed by atoms with van der Waals surface area (Å²) in [6.45, 7) is 1.27. The maximum Gasteiger partial charge on any atom is 0.343 e. The number of esters is 1. The fourth-order valence-corrected chi connectivity index (χ4v) is 4.84. The number of imidazole rings is 2. The van der Waals surface area contributed by atoms with Crippen molar-refractivity contribution in [3.8, 4) is 0 Å². The third kappa shape index (κ3) is 3.89. The number of ether oxygens (including phenoxy) is 2. The predicted molar refractivity (Wildman–Crippen MR) is 126 cm³/mol. The normalized spacial score (nSPS) is 18.3. The molecule has 4 aromatic rings. The molecule has 0 amide bonds. The van der Waals surface area contributed by atoms with Crippen LogP contribution in [0.1, 0.15) is 60.6 Å². The van der Waals surface area contributed by atoms with E-state index in [0.717, 1.165) is 50.2 Å². The number of carbonyl (C=O) groups is 1. The van der Waals surface area contributed by atoms with Crippen LogP contribution in [0.2, 0.25) is 0 Å². The molecule has 10 nitrogen and oxygen atoms in total. The molecule has 1 saturated heterocycles. The molecule has 0 bridgehead atoms. The number of halogens is 1. The minimum Gasteiger partial charge on any atom is -0.465 e. The zero-order valence-corrected chi connectivity index (χ0v) is 19.4. The zero-order chi connectivity index (χ0) is 23.9. The Labute approximate surface area is 200 Å². The number of anilines is 1. The predicted octanol–water partition coefficient (Wildman–Crippen LogP) is 3.79. The lowest BCUT2D eigenvalue weighted by Crippen LogP contribution is -2.17. The Morgan fingerprint density at radius 2 is 2.11 bits per heavy atom. The lowest BCUT2D eigenvalue weighted by Gasteiger charge is -2.23. The van der Waals surface area contributed by atoms with Gasteiger partial charge in [-0.05, 0) is 44.2 Å². The summed E-state index contributed by atoms with van der Waals surface area (Å²) in [5.41, 5.74) is 2.45. The summed E-state index contributed by atoms with van der Waals surface area (Å²) in [4.78, 5) is 30.4. The number of nitrogens with zero attached hydrogens (tertiary/aromatic N) is 6. The Balaban J connectivity index is 1.27. The van der Waals surface area contributed by atoms with Crippen molar-refractivity contribution in [2.24, 2.45) is 0 Å². The van der Waals surface area contributed by atoms with Crippen LogP contribution >= 0.6 is 0 Å². The average Bonchev–Trinajstić information content (AvgIpc) is 3.51. The molecule has 2 fully saturated rings. The van der Waals surface area contributed by atoms with E-state index in [1.165, 1.54) is 19.5 Å². The molecule has 0 radical (unpaired) electrons. The summed E-state index contributed by atoms with van der Waals surface area (Å²) in [7, 11) is 1.26. The minimum absolute atomic E-state index is 0.0562. The van der Waals surface area contributed by atoms with Crippen LogP contribution < -0.4 is 5.32 Å². The van der Waals surface area contributed by atoms with E-state index in [9.17, 15) is 9.18 Å². The van der Waals surface area contributed by atoms with Crippen LogP contribution in [0.5, 0.6) is 0 Å². The van der Waals surface area contributed by atoms with Gasteiger partial charge in [-0.3, -0.25) is 4.57 Å². The maximum atomic E-state index is 14.6. The van der Waals surface area contributed by atoms with Gasteiger partial charge in [-0.2, -0.15) is 0 Å². The van der Waals surface area contributed by atoms with Crippen molar-refractivity contribution in [3.63, 3.8) is 0 Å². The first kappa shape index (κ1) is 21.9. The highest BCUT2D eigenvalue weighted by Gasteiger charge is 2.31. The first-order valence-electron chi connectivity index (χ1n) is 12.0. The van der Waals surface area contributed by atoms with Gasteiger partial charge < -0.3 is 19.4 Å². The fraction of sp³-hybridized carbons (Fsp3) is 0.458. The quantitative estimate of drug-likeness (QED) is 0.399. The van der Waals surface area contributed by atoms with E-state index in [1.54, 1.807) is 12.4 Å². The van der Waals surface area contributed by atoms with Crippen molar-refractivity contribution in [1.82, 2.24) is 29.1 Å². The van der Waals surface area contributed by atoms with Gasteiger partial charge in [-0.1, -0.05) is 0 Å². The summed E-state index contributed by atoms with van der Waals surface area (Å²) < 4.78 is 29.3. The summed E-state index contributed by atoms with van der Waals surface area (Å²) in [5, 5.41) is 3.36. The molecule has 35 heavy (non-hydrogen) atoms. The van der Waals surface area contributed by atoms with E-state index in [-0.39, 0.29) is 17.8 Å². The molecule has 1 saturated carbocycles. The van der Waals surface area contributed by atoms with Gasteiger partial charge in [0.2, 0.25) is 0 Å². The third-order valence-corrected chi connectivity index (χ3v) is 6.64. The molecule has 11 heteroatoms. The molecule has 4 heterocycles. The number of hydrogen-bond donors (Lipinski definition) is 1. The number of hydrogen-bond acceptors (Lipinski definition) is 8. The summed E-state index contributed by atoms with van der Waals surface area (Å²) in [5.74, 6) is 0.134. The van der Waals surface area contributed by atoms with E-state index in [2.05, 4.69) is 20.3 Å². The molecule has 1 aromatic carbocycles. The molecule has 6 rings (SSSR count). The van der Waals surface area contributed by atoms with Crippen molar-refractivity contribution < 1.29 is 18.7 Å². The fourth-order valence-electron chi connectivity index (χ4n) is 4.84. The Hall–Kier alpha value is -3.60. The minimum atomic E-state index is -0.694. The van der Waals surface area contributed by atoms with E-state index in [4.69, 9.17) is 14.5 Å². The van der Waals surface area contributed by atoms with Crippen molar-refractivity contribution in [1.29, 1.82) is 0 Å². The second kappa shape index (κ2) is 8.88. The summed E-state index contributed by atoms with van der Waals surface area (Å²) >= 11 is 0. The number of methoxy groups -OCH3 is 1. The van der Waals surface area contributed by atoms with E-state index >= 15 is 0 Å². The Bertz CT molecular complexity index is 1410.